The molecule has 8 heavy (non-hydrogen) atoms. The Hall–Kier alpha value is 0.430. The molecule has 0 aliphatic carbocycles. The van der Waals surface area contributed by atoms with Gasteiger partial charge in [0, 0.05) is 0 Å². The van der Waals surface area contributed by atoms with E-state index in [1.807, 2.05) is 0 Å². The van der Waals surface area contributed by atoms with Crippen LogP contribution in [0.5, 0.6) is 0 Å². The van der Waals surface area contributed by atoms with Crippen LogP contribution in [-0.4, -0.2) is 26.2 Å². The second-order valence-electron chi connectivity index (χ2n) is 4.16. The minimum atomic E-state index is -0.720. The fourth-order valence-corrected chi connectivity index (χ4v) is 3.67. The zero-order chi connectivity index (χ0) is 6.78. The van der Waals surface area contributed by atoms with Gasteiger partial charge in [0.25, 0.3) is 0 Å². The molecule has 0 radical (unpaired) electrons. The molecule has 0 fully saturated rings. The second kappa shape index (κ2) is 2.82. The Morgan fingerprint density at radius 3 is 1.50 bits per heavy atom. The van der Waals surface area contributed by atoms with Crippen LogP contribution >= 0.6 is 7.26 Å². The van der Waals surface area contributed by atoms with Gasteiger partial charge in [0.15, 0.2) is 0 Å². The van der Waals surface area contributed by atoms with Crippen LogP contribution in [0.25, 0.3) is 0 Å². The normalized spacial score (nSPS) is 14.8. The Labute approximate surface area is 54.0 Å². The van der Waals surface area contributed by atoms with Gasteiger partial charge in [0.1, 0.15) is 0 Å². The predicted octanol–water partition coefficient (Wildman–Crippen LogP) is 2.28. The molecule has 0 aromatic carbocycles. The molecule has 0 saturated carbocycles. The summed E-state index contributed by atoms with van der Waals surface area (Å²) in [6.45, 7) is 11.9. The molecule has 0 rings (SSSR count). The number of rotatable bonds is 2. The van der Waals surface area contributed by atoms with Crippen molar-refractivity contribution in [1.29, 1.82) is 0 Å². The third-order valence-electron chi connectivity index (χ3n) is 1.02. The molecule has 0 aromatic heterocycles. The van der Waals surface area contributed by atoms with Gasteiger partial charge in [-0.25, -0.2) is 0 Å². The Bertz CT molecular complexity index is 59.3. The molecule has 0 aliphatic rings. The van der Waals surface area contributed by atoms with Gasteiger partial charge in [0.2, 0.25) is 0 Å². The van der Waals surface area contributed by atoms with Gasteiger partial charge in [-0.1, -0.05) is 0 Å². The summed E-state index contributed by atoms with van der Waals surface area (Å²) in [6, 6.07) is 0. The fraction of sp³-hybridized carbons (Fsp3) is 1.00. The SMILES string of the molecule is CC(C)C[PH](C)(C)C. The van der Waals surface area contributed by atoms with E-state index in [0.717, 1.165) is 5.92 Å². The zero-order valence-corrected chi connectivity index (χ0v) is 7.78. The summed E-state index contributed by atoms with van der Waals surface area (Å²) < 4.78 is 0. The van der Waals surface area contributed by atoms with Crippen LogP contribution in [0.15, 0.2) is 0 Å². The Kier molecular flexibility index (Phi) is 2.98. The van der Waals surface area contributed by atoms with Crippen molar-refractivity contribution in [1.82, 2.24) is 0 Å². The Morgan fingerprint density at radius 2 is 1.50 bits per heavy atom. The fourth-order valence-electron chi connectivity index (χ4n) is 1.22. The van der Waals surface area contributed by atoms with E-state index in [2.05, 4.69) is 33.8 Å². The van der Waals surface area contributed by atoms with Crippen molar-refractivity contribution in [2.45, 2.75) is 13.8 Å². The Morgan fingerprint density at radius 1 is 1.12 bits per heavy atom. The maximum absolute atomic E-state index is 2.42. The zero-order valence-electron chi connectivity index (χ0n) is 6.78. The first-order valence-electron chi connectivity index (χ1n) is 3.42. The predicted molar refractivity (Wildman–Crippen MR) is 45.8 cm³/mol. The van der Waals surface area contributed by atoms with Crippen molar-refractivity contribution in [3.63, 3.8) is 0 Å². The molecule has 0 aromatic rings. The maximum atomic E-state index is 2.42. The van der Waals surface area contributed by atoms with Crippen molar-refractivity contribution in [3.05, 3.63) is 0 Å². The van der Waals surface area contributed by atoms with Crippen molar-refractivity contribution in [2.75, 3.05) is 26.2 Å². The van der Waals surface area contributed by atoms with E-state index in [1.54, 1.807) is 0 Å². The third-order valence-corrected chi connectivity index (χ3v) is 3.06. The van der Waals surface area contributed by atoms with Gasteiger partial charge < -0.3 is 0 Å². The molecule has 0 bridgehead atoms. The van der Waals surface area contributed by atoms with E-state index in [1.165, 1.54) is 6.16 Å². The van der Waals surface area contributed by atoms with E-state index >= 15 is 0 Å². The van der Waals surface area contributed by atoms with Crippen LogP contribution in [0.1, 0.15) is 13.8 Å². The average molecular weight is 134 g/mol. The quantitative estimate of drug-likeness (QED) is 0.508. The molecule has 0 spiro atoms. The first-order chi connectivity index (χ1) is 3.42. The third kappa shape index (κ3) is 6.43. The molecule has 0 aliphatic heterocycles. The number of hydrogen-bond donors (Lipinski definition) is 0. The molecule has 0 heterocycles. The molecule has 1 heteroatoms. The van der Waals surface area contributed by atoms with E-state index < -0.39 is 7.26 Å². The topological polar surface area (TPSA) is 0 Å². The van der Waals surface area contributed by atoms with E-state index in [9.17, 15) is 0 Å². The van der Waals surface area contributed by atoms with Crippen molar-refractivity contribution < 1.29 is 0 Å². The monoisotopic (exact) mass is 134 g/mol. The second-order valence-corrected chi connectivity index (χ2v) is 9.69. The summed E-state index contributed by atoms with van der Waals surface area (Å²) in [7, 11) is -0.720. The van der Waals surface area contributed by atoms with E-state index in [-0.39, 0.29) is 0 Å². The van der Waals surface area contributed by atoms with Crippen molar-refractivity contribution in [3.8, 4) is 0 Å². The van der Waals surface area contributed by atoms with Gasteiger partial charge in [-0.05, 0) is 0 Å². The molecular formula is C7H19P. The summed E-state index contributed by atoms with van der Waals surface area (Å²) in [6.07, 6.45) is 1.47. The van der Waals surface area contributed by atoms with Gasteiger partial charge in [-0.2, -0.15) is 0 Å². The molecule has 52 valence electrons. The standard InChI is InChI=1S/C7H19P/c1-7(2)6-8(3,4)5/h7-8H,6H2,1-5H3. The average Bonchev–Trinajstić information content (AvgIpc) is 1.21. The van der Waals surface area contributed by atoms with Gasteiger partial charge in [-0.15, -0.1) is 0 Å². The van der Waals surface area contributed by atoms with Crippen LogP contribution < -0.4 is 0 Å². The van der Waals surface area contributed by atoms with Gasteiger partial charge in [0.05, 0.1) is 0 Å². The van der Waals surface area contributed by atoms with Crippen LogP contribution in [0.4, 0.5) is 0 Å². The first kappa shape index (κ1) is 8.43. The molecule has 0 N–H and O–H groups in total. The first-order valence-corrected chi connectivity index (χ1v) is 7.12. The molecule has 0 nitrogen and oxygen atoms in total. The molecule has 0 amide bonds. The summed E-state index contributed by atoms with van der Waals surface area (Å²) in [5.41, 5.74) is 0. The molecular weight excluding hydrogens is 115 g/mol. The summed E-state index contributed by atoms with van der Waals surface area (Å²) in [5.74, 6) is 0.904. The van der Waals surface area contributed by atoms with Crippen LogP contribution in [0.3, 0.4) is 0 Å². The van der Waals surface area contributed by atoms with Gasteiger partial charge in [-0.3, -0.25) is 0 Å². The van der Waals surface area contributed by atoms with Crippen LogP contribution in [0, 0.1) is 5.92 Å². The summed E-state index contributed by atoms with van der Waals surface area (Å²) in [4.78, 5) is 0. The molecule has 0 unspecified atom stereocenters. The minimum absolute atomic E-state index is 0.720. The molecule has 0 saturated heterocycles. The van der Waals surface area contributed by atoms with E-state index in [0.29, 0.717) is 0 Å². The van der Waals surface area contributed by atoms with Crippen molar-refractivity contribution in [2.24, 2.45) is 5.92 Å². The van der Waals surface area contributed by atoms with E-state index in [4.69, 9.17) is 0 Å². The summed E-state index contributed by atoms with van der Waals surface area (Å²) in [5, 5.41) is 0. The Balaban J connectivity index is 3.39. The van der Waals surface area contributed by atoms with Crippen LogP contribution in [-0.2, 0) is 0 Å². The summed E-state index contributed by atoms with van der Waals surface area (Å²) >= 11 is 0. The van der Waals surface area contributed by atoms with Crippen molar-refractivity contribution >= 4 is 7.26 Å². The van der Waals surface area contributed by atoms with Crippen LogP contribution in [0.2, 0.25) is 0 Å². The number of hydrogen-bond acceptors (Lipinski definition) is 0. The molecule has 0 atom stereocenters. The van der Waals surface area contributed by atoms with Gasteiger partial charge >= 0.3 is 53.2 Å².